The standard InChI is InChI=1S/C39H48N8O6/c1-22(2)33(42-21-48)37(50)46-14-6-8-28(46)20-41-36(49)27-16-26-11-10-24(17-30(26)40-19-27)25-12-13-29-31(18-25)44-35(43-29)32-9-7-15-47(32)38(51)34(23(3)4)45-39(52)53-5/h10-13,16-19,21-23,28,32-34H,6-9,14-15,20H2,1-5H3,(H,41,49)(H,42,48)(H,43,44)(H,45,52)/t28-,32-,33-,34-/m0/s1. The maximum Gasteiger partial charge on any atom is 0.407 e. The summed E-state index contributed by atoms with van der Waals surface area (Å²) in [5.41, 5.74) is 4.69. The smallest absolute Gasteiger partial charge is 0.407 e. The molecule has 0 bridgehead atoms. The molecule has 4 N–H and O–H groups in total. The summed E-state index contributed by atoms with van der Waals surface area (Å²) in [4.78, 5) is 79.4. The maximum atomic E-state index is 13.6. The number of H-pyrrole nitrogens is 1. The first kappa shape index (κ1) is 37.2. The largest absolute Gasteiger partial charge is 0.453 e. The summed E-state index contributed by atoms with van der Waals surface area (Å²) in [7, 11) is 1.28. The van der Waals surface area contributed by atoms with Gasteiger partial charge >= 0.3 is 6.09 Å². The molecule has 53 heavy (non-hydrogen) atoms. The van der Waals surface area contributed by atoms with E-state index in [9.17, 15) is 24.0 Å². The molecule has 14 nitrogen and oxygen atoms in total. The Labute approximate surface area is 308 Å². The molecule has 14 heteroatoms. The molecular weight excluding hydrogens is 676 g/mol. The van der Waals surface area contributed by atoms with E-state index in [4.69, 9.17) is 9.72 Å². The van der Waals surface area contributed by atoms with Crippen LogP contribution in [-0.4, -0.2) is 99.8 Å². The zero-order valence-electron chi connectivity index (χ0n) is 30.8. The number of amides is 5. The lowest BCUT2D eigenvalue weighted by atomic mass is 10.0. The number of aromatic nitrogens is 3. The van der Waals surface area contributed by atoms with Crippen molar-refractivity contribution in [3.8, 4) is 11.1 Å². The fourth-order valence-corrected chi connectivity index (χ4v) is 7.44. The number of methoxy groups -OCH3 is 1. The van der Waals surface area contributed by atoms with Crippen molar-refractivity contribution in [2.45, 2.75) is 77.5 Å². The Balaban J connectivity index is 1.13. The number of alkyl carbamates (subject to hydrolysis) is 1. The number of pyridine rings is 1. The van der Waals surface area contributed by atoms with Crippen LogP contribution in [-0.2, 0) is 19.1 Å². The van der Waals surface area contributed by atoms with Gasteiger partial charge in [0.2, 0.25) is 18.2 Å². The molecule has 6 rings (SSSR count). The molecule has 0 saturated carbocycles. The van der Waals surface area contributed by atoms with Gasteiger partial charge in [-0.05, 0) is 72.9 Å². The van der Waals surface area contributed by atoms with Crippen LogP contribution in [0.15, 0.2) is 48.7 Å². The van der Waals surface area contributed by atoms with E-state index in [0.717, 1.165) is 58.7 Å². The highest BCUT2D eigenvalue weighted by Crippen LogP contribution is 2.34. The van der Waals surface area contributed by atoms with Crippen LogP contribution in [0.5, 0.6) is 0 Å². The van der Waals surface area contributed by atoms with Crippen molar-refractivity contribution >= 4 is 52.2 Å². The molecule has 0 aliphatic carbocycles. The normalized spacial score (nSPS) is 18.4. The molecule has 2 fully saturated rings. The Morgan fingerprint density at radius 1 is 0.906 bits per heavy atom. The Morgan fingerprint density at radius 3 is 2.34 bits per heavy atom. The van der Waals surface area contributed by atoms with Crippen molar-refractivity contribution < 1.29 is 28.7 Å². The highest BCUT2D eigenvalue weighted by Gasteiger charge is 2.38. The number of fused-ring (bicyclic) bond motifs is 2. The number of imidazole rings is 1. The minimum Gasteiger partial charge on any atom is -0.453 e. The number of carbonyl (C=O) groups excluding carboxylic acids is 5. The van der Waals surface area contributed by atoms with Crippen LogP contribution in [0.25, 0.3) is 33.1 Å². The molecule has 0 radical (unpaired) electrons. The molecule has 0 unspecified atom stereocenters. The molecule has 2 aliphatic rings. The first-order chi connectivity index (χ1) is 25.5. The van der Waals surface area contributed by atoms with Gasteiger partial charge in [-0.25, -0.2) is 9.78 Å². The number of hydrogen-bond acceptors (Lipinski definition) is 8. The summed E-state index contributed by atoms with van der Waals surface area (Å²) < 4.78 is 4.75. The second-order valence-corrected chi connectivity index (χ2v) is 14.6. The second-order valence-electron chi connectivity index (χ2n) is 14.6. The van der Waals surface area contributed by atoms with Gasteiger partial charge in [-0.2, -0.15) is 0 Å². The number of likely N-dealkylation sites (tertiary alicyclic amines) is 2. The lowest BCUT2D eigenvalue weighted by Gasteiger charge is -2.30. The van der Waals surface area contributed by atoms with E-state index in [2.05, 4.69) is 25.9 Å². The number of ether oxygens (including phenoxy) is 1. The van der Waals surface area contributed by atoms with Crippen LogP contribution in [0, 0.1) is 11.8 Å². The Kier molecular flexibility index (Phi) is 11.2. The number of nitrogens with zero attached hydrogens (tertiary/aromatic N) is 4. The van der Waals surface area contributed by atoms with E-state index >= 15 is 0 Å². The van der Waals surface area contributed by atoms with E-state index in [1.165, 1.54) is 7.11 Å². The van der Waals surface area contributed by atoms with Gasteiger partial charge in [-0.3, -0.25) is 24.2 Å². The summed E-state index contributed by atoms with van der Waals surface area (Å²) in [6.07, 6.45) is 4.69. The van der Waals surface area contributed by atoms with E-state index in [1.807, 2.05) is 70.2 Å². The van der Waals surface area contributed by atoms with Crippen molar-refractivity contribution in [2.24, 2.45) is 11.8 Å². The Morgan fingerprint density at radius 2 is 1.60 bits per heavy atom. The molecule has 4 heterocycles. The molecule has 2 aliphatic heterocycles. The van der Waals surface area contributed by atoms with Gasteiger partial charge in [0.25, 0.3) is 5.91 Å². The van der Waals surface area contributed by atoms with Crippen LogP contribution >= 0.6 is 0 Å². The van der Waals surface area contributed by atoms with Crippen molar-refractivity contribution in [1.29, 1.82) is 0 Å². The zero-order valence-corrected chi connectivity index (χ0v) is 30.8. The van der Waals surface area contributed by atoms with Crippen molar-refractivity contribution in [3.63, 3.8) is 0 Å². The predicted molar refractivity (Wildman–Crippen MR) is 200 cm³/mol. The predicted octanol–water partition coefficient (Wildman–Crippen LogP) is 4.31. The molecule has 0 spiro atoms. The second kappa shape index (κ2) is 16.0. The van der Waals surface area contributed by atoms with Gasteiger partial charge in [-0.15, -0.1) is 0 Å². The van der Waals surface area contributed by atoms with Gasteiger partial charge in [0.15, 0.2) is 0 Å². The lowest BCUT2D eigenvalue weighted by molar-refractivity contribution is -0.136. The molecule has 4 aromatic rings. The number of rotatable bonds is 12. The molecule has 4 atom stereocenters. The number of hydrogen-bond donors (Lipinski definition) is 4. The van der Waals surface area contributed by atoms with Gasteiger partial charge in [0, 0.05) is 37.3 Å². The number of benzene rings is 2. The number of carbonyl (C=O) groups is 5. The SMILES string of the molecule is COC(=O)N[C@H](C(=O)N1CCC[C@H]1c1nc2ccc(-c3ccc4cc(C(=O)NC[C@@H]5CCCN5C(=O)[C@@H](NC=O)C(C)C)cnc4c3)cc2[nH]1)C(C)C. The average Bonchev–Trinajstić information content (AvgIpc) is 3.93. The summed E-state index contributed by atoms with van der Waals surface area (Å²) in [5.74, 6) is -0.0193. The van der Waals surface area contributed by atoms with Crippen LogP contribution in [0.2, 0.25) is 0 Å². The van der Waals surface area contributed by atoms with Crippen LogP contribution in [0.1, 0.15) is 75.6 Å². The molecular formula is C39H48N8O6. The Hall–Kier alpha value is -5.53. The van der Waals surface area contributed by atoms with E-state index in [-0.39, 0.29) is 41.6 Å². The summed E-state index contributed by atoms with van der Waals surface area (Å²) in [6, 6.07) is 12.0. The first-order valence-electron chi connectivity index (χ1n) is 18.3. The fourth-order valence-electron chi connectivity index (χ4n) is 7.44. The zero-order chi connectivity index (χ0) is 37.8. The van der Waals surface area contributed by atoms with Gasteiger partial charge < -0.3 is 35.5 Å². The first-order valence-corrected chi connectivity index (χ1v) is 18.3. The molecule has 2 aromatic heterocycles. The van der Waals surface area contributed by atoms with Crippen molar-refractivity contribution in [3.05, 3.63) is 60.0 Å². The van der Waals surface area contributed by atoms with Crippen LogP contribution < -0.4 is 16.0 Å². The molecule has 5 amide bonds. The van der Waals surface area contributed by atoms with Gasteiger partial charge in [0.05, 0.1) is 35.3 Å². The molecule has 280 valence electrons. The molecule has 2 saturated heterocycles. The fraction of sp³-hybridized carbons (Fsp3) is 0.462. The Bertz CT molecular complexity index is 2010. The third-order valence-electron chi connectivity index (χ3n) is 10.4. The van der Waals surface area contributed by atoms with E-state index in [1.54, 1.807) is 16.0 Å². The summed E-state index contributed by atoms with van der Waals surface area (Å²) >= 11 is 0. The van der Waals surface area contributed by atoms with E-state index in [0.29, 0.717) is 37.4 Å². The number of aromatic amines is 1. The van der Waals surface area contributed by atoms with Gasteiger partial charge in [-0.1, -0.05) is 45.9 Å². The topological polar surface area (TPSA) is 179 Å². The minimum atomic E-state index is -0.706. The maximum absolute atomic E-state index is 13.6. The third kappa shape index (κ3) is 7.96. The summed E-state index contributed by atoms with van der Waals surface area (Å²) in [5, 5.41) is 9.12. The molecule has 2 aromatic carbocycles. The van der Waals surface area contributed by atoms with Gasteiger partial charge in [0.1, 0.15) is 17.9 Å². The van der Waals surface area contributed by atoms with Crippen molar-refractivity contribution in [2.75, 3.05) is 26.7 Å². The van der Waals surface area contributed by atoms with E-state index < -0.39 is 18.2 Å². The van der Waals surface area contributed by atoms with Crippen LogP contribution in [0.3, 0.4) is 0 Å². The number of nitrogens with one attached hydrogen (secondary N) is 4. The lowest BCUT2D eigenvalue weighted by Crippen LogP contribution is -2.52. The van der Waals surface area contributed by atoms with Crippen LogP contribution in [0.4, 0.5) is 4.79 Å². The third-order valence-corrected chi connectivity index (χ3v) is 10.4. The minimum absolute atomic E-state index is 0.0524. The quantitative estimate of drug-likeness (QED) is 0.156. The highest BCUT2D eigenvalue weighted by molar-refractivity contribution is 5.98. The highest BCUT2D eigenvalue weighted by atomic mass is 16.5. The monoisotopic (exact) mass is 724 g/mol. The van der Waals surface area contributed by atoms with Crippen molar-refractivity contribution in [1.82, 2.24) is 40.7 Å². The average molecular weight is 725 g/mol. The summed E-state index contributed by atoms with van der Waals surface area (Å²) in [6.45, 7) is 9.04.